The van der Waals surface area contributed by atoms with E-state index in [1.807, 2.05) is 0 Å². The highest BCUT2D eigenvalue weighted by molar-refractivity contribution is 6.12. The van der Waals surface area contributed by atoms with Crippen molar-refractivity contribution in [2.45, 2.75) is 31.3 Å². The molecule has 6 N–H and O–H groups in total. The average Bonchev–Trinajstić information content (AvgIpc) is 3.13. The molecule has 158 valence electrons. The van der Waals surface area contributed by atoms with E-state index in [0.717, 1.165) is 12.5 Å². The van der Waals surface area contributed by atoms with Gasteiger partial charge in [-0.25, -0.2) is 9.37 Å². The number of carboxylic acid groups (broad SMARTS) is 2. The first-order valence-corrected chi connectivity index (χ1v) is 9.46. The number of pyridine rings is 1. The van der Waals surface area contributed by atoms with Crippen molar-refractivity contribution in [3.05, 3.63) is 17.4 Å². The number of nitrogens with two attached hydrogens (primary N) is 1. The lowest BCUT2D eigenvalue weighted by molar-refractivity contribution is -0.140. The molecule has 29 heavy (non-hydrogen) atoms. The third-order valence-electron chi connectivity index (χ3n) is 5.24. The molecule has 11 heteroatoms. The minimum absolute atomic E-state index is 0.0476. The molecule has 3 heterocycles. The molecule has 0 amide bonds. The van der Waals surface area contributed by atoms with Gasteiger partial charge in [-0.15, -0.1) is 0 Å². The molecular weight excluding hydrogens is 385 g/mol. The Bertz CT molecular complexity index is 820. The monoisotopic (exact) mass is 409 g/mol. The van der Waals surface area contributed by atoms with E-state index in [1.165, 1.54) is 0 Å². The van der Waals surface area contributed by atoms with Gasteiger partial charge in [0.25, 0.3) is 0 Å². The van der Waals surface area contributed by atoms with Crippen LogP contribution in [0.2, 0.25) is 0 Å². The maximum absolute atomic E-state index is 14.6. The predicted molar refractivity (Wildman–Crippen MR) is 102 cm³/mol. The maximum Gasteiger partial charge on any atom is 0.320 e. The van der Waals surface area contributed by atoms with E-state index in [2.05, 4.69) is 15.6 Å². The summed E-state index contributed by atoms with van der Waals surface area (Å²) in [5, 5.41) is 24.0. The Hall–Kier alpha value is -2.79. The van der Waals surface area contributed by atoms with Gasteiger partial charge in [-0.3, -0.25) is 14.4 Å². The topological polar surface area (TPSA) is 158 Å². The van der Waals surface area contributed by atoms with Gasteiger partial charge in [0.1, 0.15) is 17.8 Å². The minimum Gasteiger partial charge on any atom is -0.481 e. The van der Waals surface area contributed by atoms with E-state index < -0.39 is 35.5 Å². The van der Waals surface area contributed by atoms with Gasteiger partial charge < -0.3 is 31.5 Å². The van der Waals surface area contributed by atoms with E-state index >= 15 is 0 Å². The number of fused-ring (bicyclic) bond motifs is 1. The number of carbonyl (C=O) groups excluding carboxylic acids is 1. The number of Topliss-reactive ketones (excluding diaryl/α,β-unsaturated/α-hetero) is 1. The van der Waals surface area contributed by atoms with Gasteiger partial charge in [0.15, 0.2) is 17.4 Å². The summed E-state index contributed by atoms with van der Waals surface area (Å²) < 4.78 is 14.6. The normalized spacial score (nSPS) is 22.1. The first kappa shape index (κ1) is 20.9. The SMILES string of the molecule is NC(CCCNC1CCN(c2nc3c(cc2F)C(=O)C(C(=O)O)CN3)C1)C(=O)O. The fourth-order valence-corrected chi connectivity index (χ4v) is 3.57. The number of hydrogen-bond donors (Lipinski definition) is 5. The van der Waals surface area contributed by atoms with Crippen LogP contribution in [0.15, 0.2) is 6.07 Å². The molecule has 0 aromatic carbocycles. The first-order chi connectivity index (χ1) is 13.8. The second-order valence-corrected chi connectivity index (χ2v) is 7.30. The quantitative estimate of drug-likeness (QED) is 0.290. The number of anilines is 2. The van der Waals surface area contributed by atoms with Crippen LogP contribution in [0.3, 0.4) is 0 Å². The number of nitrogens with zero attached hydrogens (tertiary/aromatic N) is 2. The van der Waals surface area contributed by atoms with Gasteiger partial charge in [-0.05, 0) is 31.9 Å². The molecule has 0 saturated carbocycles. The van der Waals surface area contributed by atoms with E-state index in [9.17, 15) is 18.8 Å². The highest BCUT2D eigenvalue weighted by Gasteiger charge is 2.35. The molecule has 1 fully saturated rings. The highest BCUT2D eigenvalue weighted by Crippen LogP contribution is 2.30. The molecule has 10 nitrogen and oxygen atoms in total. The molecule has 0 spiro atoms. The largest absolute Gasteiger partial charge is 0.481 e. The summed E-state index contributed by atoms with van der Waals surface area (Å²) in [6, 6.07) is 0.275. The van der Waals surface area contributed by atoms with E-state index in [1.54, 1.807) is 4.90 Å². The van der Waals surface area contributed by atoms with Crippen molar-refractivity contribution in [1.29, 1.82) is 0 Å². The molecule has 0 radical (unpaired) electrons. The van der Waals surface area contributed by atoms with Crippen molar-refractivity contribution in [3.8, 4) is 0 Å². The smallest absolute Gasteiger partial charge is 0.320 e. The van der Waals surface area contributed by atoms with Gasteiger partial charge in [-0.1, -0.05) is 0 Å². The Morgan fingerprint density at radius 1 is 1.45 bits per heavy atom. The zero-order valence-corrected chi connectivity index (χ0v) is 15.7. The van der Waals surface area contributed by atoms with Crippen LogP contribution in [-0.2, 0) is 9.59 Å². The summed E-state index contributed by atoms with van der Waals surface area (Å²) in [6.07, 6.45) is 1.75. The zero-order chi connectivity index (χ0) is 21.1. The average molecular weight is 409 g/mol. The number of carbonyl (C=O) groups is 3. The third kappa shape index (κ3) is 4.62. The number of aliphatic carboxylic acids is 2. The first-order valence-electron chi connectivity index (χ1n) is 9.46. The zero-order valence-electron chi connectivity index (χ0n) is 15.7. The lowest BCUT2D eigenvalue weighted by Crippen LogP contribution is -2.37. The van der Waals surface area contributed by atoms with Gasteiger partial charge in [0, 0.05) is 25.7 Å². The summed E-state index contributed by atoms with van der Waals surface area (Å²) in [5.41, 5.74) is 5.42. The molecule has 2 aliphatic heterocycles. The molecule has 1 aromatic rings. The number of aromatic nitrogens is 1. The summed E-state index contributed by atoms with van der Waals surface area (Å²) in [5.74, 6) is -4.52. The van der Waals surface area contributed by atoms with Gasteiger partial charge >= 0.3 is 11.9 Å². The fraction of sp³-hybridized carbons (Fsp3) is 0.556. The fourth-order valence-electron chi connectivity index (χ4n) is 3.57. The number of nitrogens with one attached hydrogen (secondary N) is 2. The Morgan fingerprint density at radius 2 is 2.21 bits per heavy atom. The van der Waals surface area contributed by atoms with Gasteiger partial charge in [-0.2, -0.15) is 0 Å². The lowest BCUT2D eigenvalue weighted by atomic mass is 9.94. The molecule has 3 atom stereocenters. The Kier molecular flexibility index (Phi) is 6.28. The highest BCUT2D eigenvalue weighted by atomic mass is 19.1. The number of carboxylic acids is 2. The van der Waals surface area contributed by atoms with Crippen molar-refractivity contribution < 1.29 is 29.0 Å². The van der Waals surface area contributed by atoms with Gasteiger partial charge in [0.05, 0.1) is 5.56 Å². The minimum atomic E-state index is -1.25. The standard InChI is InChI=1S/C18H24FN5O5/c19-12-6-10-14(25)11(17(26)27)7-22-15(10)23-16(12)24-5-3-9(8-24)21-4-1-2-13(20)18(28)29/h6,9,11,13,21H,1-5,7-8,20H2,(H,22,23)(H,26,27)(H,28,29). The Balaban J connectivity index is 1.59. The second-order valence-electron chi connectivity index (χ2n) is 7.30. The van der Waals surface area contributed by atoms with Crippen molar-refractivity contribution >= 4 is 29.4 Å². The summed E-state index contributed by atoms with van der Waals surface area (Å²) in [6.45, 7) is 1.61. The van der Waals surface area contributed by atoms with Crippen molar-refractivity contribution in [3.63, 3.8) is 0 Å². The molecule has 2 aliphatic rings. The molecular formula is C18H24FN5O5. The Morgan fingerprint density at radius 3 is 2.90 bits per heavy atom. The lowest BCUT2D eigenvalue weighted by Gasteiger charge is -2.25. The molecule has 0 bridgehead atoms. The van der Waals surface area contributed by atoms with Crippen LogP contribution in [0.1, 0.15) is 29.6 Å². The maximum atomic E-state index is 14.6. The van der Waals surface area contributed by atoms with Crippen LogP contribution in [0.5, 0.6) is 0 Å². The van der Waals surface area contributed by atoms with Crippen molar-refractivity contribution in [2.24, 2.45) is 11.7 Å². The summed E-state index contributed by atoms with van der Waals surface area (Å²) in [7, 11) is 0. The van der Waals surface area contributed by atoms with Crippen LogP contribution in [0.4, 0.5) is 16.0 Å². The predicted octanol–water partition coefficient (Wildman–Crippen LogP) is -0.110. The van der Waals surface area contributed by atoms with E-state index in [4.69, 9.17) is 15.9 Å². The number of hydrogen-bond acceptors (Lipinski definition) is 8. The van der Waals surface area contributed by atoms with Crippen LogP contribution in [0.25, 0.3) is 0 Å². The van der Waals surface area contributed by atoms with Crippen molar-refractivity contribution in [2.75, 3.05) is 36.4 Å². The second kappa shape index (κ2) is 8.70. The summed E-state index contributed by atoms with van der Waals surface area (Å²) in [4.78, 5) is 40.1. The van der Waals surface area contributed by atoms with Crippen LogP contribution >= 0.6 is 0 Å². The van der Waals surface area contributed by atoms with Crippen molar-refractivity contribution in [1.82, 2.24) is 10.3 Å². The number of rotatable bonds is 8. The van der Waals surface area contributed by atoms with Crippen LogP contribution in [-0.4, -0.2) is 71.2 Å². The molecule has 3 unspecified atom stereocenters. The molecule has 0 aliphatic carbocycles. The van der Waals surface area contributed by atoms with E-state index in [0.29, 0.717) is 32.5 Å². The van der Waals surface area contributed by atoms with Crippen LogP contribution in [0, 0.1) is 11.7 Å². The molecule has 3 rings (SSSR count). The number of ketones is 1. The Labute approximate surface area is 166 Å². The van der Waals surface area contributed by atoms with E-state index in [-0.39, 0.29) is 29.8 Å². The van der Waals surface area contributed by atoms with Crippen LogP contribution < -0.4 is 21.3 Å². The molecule has 1 aromatic heterocycles. The molecule has 1 saturated heterocycles. The third-order valence-corrected chi connectivity index (χ3v) is 5.24. The summed E-state index contributed by atoms with van der Waals surface area (Å²) >= 11 is 0. The van der Waals surface area contributed by atoms with Gasteiger partial charge in [0.2, 0.25) is 0 Å². The number of halogens is 1.